The molecule has 0 saturated heterocycles. The molecule has 0 aromatic rings. The molecule has 0 saturated carbocycles. The van der Waals surface area contributed by atoms with Gasteiger partial charge < -0.3 is 53.6 Å². The maximum Gasteiger partial charge on any atom is 0.327 e. The van der Waals surface area contributed by atoms with Gasteiger partial charge in [-0.3, -0.25) is 4.79 Å². The van der Waals surface area contributed by atoms with E-state index in [1.807, 2.05) is 7.05 Å². The molecule has 14 heteroatoms. The molecule has 0 rings (SSSR count). The van der Waals surface area contributed by atoms with E-state index in [4.69, 9.17) is 43.0 Å². The molecule has 0 spiro atoms. The fourth-order valence-electron chi connectivity index (χ4n) is 2.59. The first-order chi connectivity index (χ1) is 18.6. The average Bonchev–Trinajstić information content (AvgIpc) is 2.90. The number of carbonyl (C=O) groups excluding carboxylic acids is 1. The van der Waals surface area contributed by atoms with E-state index in [1.54, 1.807) is 6.26 Å². The normalized spacial score (nSPS) is 12.1. The van der Waals surface area contributed by atoms with Crippen LogP contribution in [-0.2, 0) is 47.5 Å². The van der Waals surface area contributed by atoms with Gasteiger partial charge in [-0.2, -0.15) is 11.8 Å². The van der Waals surface area contributed by atoms with Crippen LogP contribution < -0.4 is 10.6 Å². The van der Waals surface area contributed by atoms with Crippen LogP contribution in [0.2, 0.25) is 0 Å². The van der Waals surface area contributed by atoms with Crippen LogP contribution in [0.1, 0.15) is 6.42 Å². The van der Waals surface area contributed by atoms with Gasteiger partial charge in [0.05, 0.1) is 106 Å². The van der Waals surface area contributed by atoms with E-state index in [2.05, 4.69) is 10.6 Å². The highest BCUT2D eigenvalue weighted by Gasteiger charge is 2.18. The summed E-state index contributed by atoms with van der Waals surface area (Å²) in [5, 5.41) is 14.5. The number of ether oxygens (including phenoxy) is 8. The molecule has 1 atom stereocenters. The Morgan fingerprint density at radius 2 is 0.974 bits per heavy atom. The van der Waals surface area contributed by atoms with Gasteiger partial charge in [-0.1, -0.05) is 0 Å². The van der Waals surface area contributed by atoms with E-state index in [9.17, 15) is 9.59 Å². The van der Waals surface area contributed by atoms with Crippen LogP contribution in [0.25, 0.3) is 0 Å². The Hall–Kier alpha value is -1.07. The lowest BCUT2D eigenvalue weighted by atomic mass is 10.3. The lowest BCUT2D eigenvalue weighted by Crippen LogP contribution is -2.42. The maximum atomic E-state index is 11.7. The molecule has 0 aliphatic rings. The van der Waals surface area contributed by atoms with Crippen LogP contribution in [0.15, 0.2) is 0 Å². The Labute approximate surface area is 230 Å². The smallest absolute Gasteiger partial charge is 0.327 e. The Kier molecular flexibility index (Phi) is 29.6. The summed E-state index contributed by atoms with van der Waals surface area (Å²) in [4.78, 5) is 22.7. The first-order valence-corrected chi connectivity index (χ1v) is 14.3. The first kappa shape index (κ1) is 36.9. The van der Waals surface area contributed by atoms with Crippen molar-refractivity contribution in [3.63, 3.8) is 0 Å². The summed E-state index contributed by atoms with van der Waals surface area (Å²) in [5.74, 6) is -1.07. The van der Waals surface area contributed by atoms with Crippen molar-refractivity contribution in [2.45, 2.75) is 12.5 Å². The number of carboxylic acids is 1. The maximum absolute atomic E-state index is 11.7. The van der Waals surface area contributed by atoms with Gasteiger partial charge in [0.25, 0.3) is 0 Å². The highest BCUT2D eigenvalue weighted by atomic mass is 32.2. The first-order valence-electron chi connectivity index (χ1n) is 12.9. The van der Waals surface area contributed by atoms with Gasteiger partial charge in [-0.15, -0.1) is 0 Å². The minimum absolute atomic E-state index is 0.101. The third-order valence-corrected chi connectivity index (χ3v) is 5.21. The van der Waals surface area contributed by atoms with Gasteiger partial charge in [0.1, 0.15) is 6.04 Å². The molecule has 0 aromatic heterocycles. The molecule has 0 fully saturated rings. The minimum Gasteiger partial charge on any atom is -0.480 e. The molecule has 0 radical (unpaired) electrons. The van der Waals surface area contributed by atoms with Crippen molar-refractivity contribution in [2.24, 2.45) is 0 Å². The predicted molar refractivity (Wildman–Crippen MR) is 143 cm³/mol. The molecule has 0 aliphatic carbocycles. The summed E-state index contributed by atoms with van der Waals surface area (Å²) in [7, 11) is 1.89. The summed E-state index contributed by atoms with van der Waals surface area (Å²) >= 11 is 1.36. The monoisotopic (exact) mass is 572 g/mol. The molecule has 0 aromatic carbocycles. The van der Waals surface area contributed by atoms with Gasteiger partial charge in [0.2, 0.25) is 5.91 Å². The SMILES string of the molecule is CNCCOCCOCCOCCOCCOCCOCCOCCOCCC(=O)N[C@@H](CSC)C(=O)O. The van der Waals surface area contributed by atoms with Crippen molar-refractivity contribution >= 4 is 23.6 Å². The number of likely N-dealkylation sites (N-methyl/N-ethyl adjacent to an activating group) is 1. The standard InChI is InChI=1S/C24H48N2O11S/c1-25-4-6-31-8-10-33-12-14-35-16-18-37-20-19-36-17-15-34-13-11-32-9-7-30-5-3-23(27)26-22(21-38-2)24(28)29/h22,25H,3-21H2,1-2H3,(H,26,27)(H,28,29)/t22-/m0/s1. The number of carboxylic acid groups (broad SMARTS) is 1. The molecular formula is C24H48N2O11S. The molecule has 0 unspecified atom stereocenters. The molecule has 1 amide bonds. The number of carbonyl (C=O) groups is 2. The van der Waals surface area contributed by atoms with Crippen LogP contribution in [0.3, 0.4) is 0 Å². The second kappa shape index (κ2) is 30.5. The molecular weight excluding hydrogens is 524 g/mol. The second-order valence-corrected chi connectivity index (χ2v) is 8.58. The highest BCUT2D eigenvalue weighted by Crippen LogP contribution is 1.98. The Morgan fingerprint density at radius 1 is 0.632 bits per heavy atom. The van der Waals surface area contributed by atoms with Crippen LogP contribution in [-0.4, -0.2) is 154 Å². The molecule has 3 N–H and O–H groups in total. The number of rotatable bonds is 31. The molecule has 38 heavy (non-hydrogen) atoms. The third-order valence-electron chi connectivity index (χ3n) is 4.54. The number of thioether (sulfide) groups is 1. The zero-order valence-electron chi connectivity index (χ0n) is 23.0. The summed E-state index contributed by atoms with van der Waals surface area (Å²) in [5.41, 5.74) is 0. The van der Waals surface area contributed by atoms with Gasteiger partial charge >= 0.3 is 5.97 Å². The van der Waals surface area contributed by atoms with Crippen molar-refractivity contribution in [3.05, 3.63) is 0 Å². The number of hydrogen-bond acceptors (Lipinski definition) is 12. The Morgan fingerprint density at radius 3 is 1.29 bits per heavy atom. The van der Waals surface area contributed by atoms with Crippen molar-refractivity contribution in [3.8, 4) is 0 Å². The quantitative estimate of drug-likeness (QED) is 0.0930. The summed E-state index contributed by atoms with van der Waals surface area (Å²) in [6.07, 6.45) is 1.88. The Bertz CT molecular complexity index is 536. The van der Waals surface area contributed by atoms with Crippen LogP contribution >= 0.6 is 11.8 Å². The number of nitrogens with one attached hydrogen (secondary N) is 2. The van der Waals surface area contributed by atoms with Gasteiger partial charge in [-0.25, -0.2) is 4.79 Å². The molecule has 0 aliphatic heterocycles. The zero-order valence-corrected chi connectivity index (χ0v) is 23.8. The van der Waals surface area contributed by atoms with Gasteiger partial charge in [-0.05, 0) is 13.3 Å². The average molecular weight is 573 g/mol. The van der Waals surface area contributed by atoms with E-state index in [0.29, 0.717) is 105 Å². The summed E-state index contributed by atoms with van der Waals surface area (Å²) < 4.78 is 43.1. The van der Waals surface area contributed by atoms with Crippen molar-refractivity contribution in [1.82, 2.24) is 10.6 Å². The van der Waals surface area contributed by atoms with Gasteiger partial charge in [0, 0.05) is 18.7 Å². The minimum atomic E-state index is -1.04. The number of aliphatic carboxylic acids is 1. The summed E-state index contributed by atoms with van der Waals surface area (Å²) in [6, 6.07) is -0.884. The highest BCUT2D eigenvalue weighted by molar-refractivity contribution is 7.98. The fourth-order valence-corrected chi connectivity index (χ4v) is 3.15. The predicted octanol–water partition coefficient (Wildman–Crippen LogP) is -0.339. The Balaban J connectivity index is 3.20. The number of hydrogen-bond donors (Lipinski definition) is 3. The second-order valence-electron chi connectivity index (χ2n) is 7.67. The van der Waals surface area contributed by atoms with Crippen LogP contribution in [0.4, 0.5) is 0 Å². The number of amides is 1. The molecule has 0 bridgehead atoms. The third kappa shape index (κ3) is 28.0. The van der Waals surface area contributed by atoms with E-state index in [-0.39, 0.29) is 18.9 Å². The van der Waals surface area contributed by atoms with E-state index >= 15 is 0 Å². The molecule has 0 heterocycles. The lowest BCUT2D eigenvalue weighted by molar-refractivity contribution is -0.141. The molecule has 13 nitrogen and oxygen atoms in total. The van der Waals surface area contributed by atoms with Crippen molar-refractivity contribution in [2.75, 3.05) is 131 Å². The summed E-state index contributed by atoms with van der Waals surface area (Å²) in [6.45, 7) is 8.46. The topological polar surface area (TPSA) is 152 Å². The van der Waals surface area contributed by atoms with Crippen LogP contribution in [0, 0.1) is 0 Å². The van der Waals surface area contributed by atoms with E-state index in [1.165, 1.54) is 11.8 Å². The van der Waals surface area contributed by atoms with Gasteiger partial charge in [0.15, 0.2) is 0 Å². The lowest BCUT2D eigenvalue weighted by Gasteiger charge is -2.13. The van der Waals surface area contributed by atoms with Crippen LogP contribution in [0.5, 0.6) is 0 Å². The fraction of sp³-hybridized carbons (Fsp3) is 0.917. The van der Waals surface area contributed by atoms with Crippen molar-refractivity contribution in [1.29, 1.82) is 0 Å². The largest absolute Gasteiger partial charge is 0.480 e. The van der Waals surface area contributed by atoms with E-state index < -0.39 is 12.0 Å². The van der Waals surface area contributed by atoms with E-state index in [0.717, 1.165) is 6.54 Å². The van der Waals surface area contributed by atoms with Crippen molar-refractivity contribution < 1.29 is 52.6 Å². The zero-order chi connectivity index (χ0) is 27.9. The molecule has 226 valence electrons.